The van der Waals surface area contributed by atoms with E-state index >= 15 is 0 Å². The fraction of sp³-hybridized carbons (Fsp3) is 0.158. The van der Waals surface area contributed by atoms with Crippen LogP contribution in [0.1, 0.15) is 18.7 Å². The maximum Gasteiger partial charge on any atom is 0.224 e. The number of hydrogen-bond donors (Lipinski definition) is 1. The number of anilines is 1. The van der Waals surface area contributed by atoms with Gasteiger partial charge in [0.2, 0.25) is 5.91 Å². The normalized spacial score (nSPS) is 10.5. The third-order valence-electron chi connectivity index (χ3n) is 3.51. The minimum Gasteiger partial charge on any atom is -0.441 e. The molecule has 0 atom stereocenters. The number of aryl methyl sites for hydroxylation is 1. The second kappa shape index (κ2) is 7.93. The number of oxazole rings is 1. The van der Waals surface area contributed by atoms with Crippen LogP contribution in [-0.4, -0.2) is 10.9 Å². The van der Waals surface area contributed by atoms with E-state index in [9.17, 15) is 4.79 Å². The molecule has 0 radical (unpaired) electrons. The van der Waals surface area contributed by atoms with Gasteiger partial charge in [-0.15, -0.1) is 0 Å². The highest BCUT2D eigenvalue weighted by Crippen LogP contribution is 2.20. The molecule has 2 aromatic carbocycles. The molecule has 0 bridgehead atoms. The average molecular weight is 385 g/mol. The van der Waals surface area contributed by atoms with Crippen LogP contribution in [0, 0.1) is 0 Å². The number of carbonyl (C=O) groups excluding carboxylic acids is 1. The molecule has 0 aliphatic heterocycles. The lowest BCUT2D eigenvalue weighted by molar-refractivity contribution is -0.116. The van der Waals surface area contributed by atoms with E-state index < -0.39 is 0 Å². The molecule has 0 saturated carbocycles. The highest BCUT2D eigenvalue weighted by Gasteiger charge is 2.08. The number of carbonyl (C=O) groups is 1. The average Bonchev–Trinajstić information content (AvgIpc) is 3.04. The van der Waals surface area contributed by atoms with E-state index in [1.807, 2.05) is 54.6 Å². The van der Waals surface area contributed by atoms with Crippen molar-refractivity contribution < 1.29 is 9.21 Å². The van der Waals surface area contributed by atoms with Crippen LogP contribution in [0.5, 0.6) is 0 Å². The Labute approximate surface area is 149 Å². The number of nitrogens with zero attached hydrogens (tertiary/aromatic N) is 1. The smallest absolute Gasteiger partial charge is 0.224 e. The summed E-state index contributed by atoms with van der Waals surface area (Å²) in [6.07, 6.45) is 3.48. The molecule has 1 N–H and O–H groups in total. The van der Waals surface area contributed by atoms with Gasteiger partial charge in [-0.1, -0.05) is 52.3 Å². The van der Waals surface area contributed by atoms with Gasteiger partial charge in [0.15, 0.2) is 11.7 Å². The number of aromatic nitrogens is 1. The van der Waals surface area contributed by atoms with E-state index in [0.29, 0.717) is 25.2 Å². The van der Waals surface area contributed by atoms with Crippen LogP contribution in [0.4, 0.5) is 5.69 Å². The lowest BCUT2D eigenvalue weighted by atomic mass is 10.2. The van der Waals surface area contributed by atoms with Crippen LogP contribution in [0.2, 0.25) is 0 Å². The zero-order valence-corrected chi connectivity index (χ0v) is 14.6. The molecule has 1 heterocycles. The van der Waals surface area contributed by atoms with Gasteiger partial charge in [0, 0.05) is 28.6 Å². The molecule has 3 rings (SSSR count). The monoisotopic (exact) mass is 384 g/mol. The SMILES string of the molecule is O=C(CCCc1ncc(-c2ccccc2)o1)Nc1cccc(Br)c1. The maximum absolute atomic E-state index is 12.0. The van der Waals surface area contributed by atoms with Gasteiger partial charge in [0.1, 0.15) is 0 Å². The summed E-state index contributed by atoms with van der Waals surface area (Å²) in [7, 11) is 0. The second-order valence-electron chi connectivity index (χ2n) is 5.40. The second-order valence-corrected chi connectivity index (χ2v) is 6.31. The third kappa shape index (κ3) is 4.55. The molecule has 0 aliphatic rings. The van der Waals surface area contributed by atoms with Gasteiger partial charge >= 0.3 is 0 Å². The summed E-state index contributed by atoms with van der Waals surface area (Å²) in [4.78, 5) is 16.2. The molecule has 0 fully saturated rings. The van der Waals surface area contributed by atoms with Gasteiger partial charge in [0.25, 0.3) is 0 Å². The van der Waals surface area contributed by atoms with Crippen molar-refractivity contribution in [1.82, 2.24) is 4.98 Å². The molecule has 0 aliphatic carbocycles. The molecule has 1 aromatic heterocycles. The number of hydrogen-bond acceptors (Lipinski definition) is 3. The number of nitrogens with one attached hydrogen (secondary N) is 1. The number of rotatable bonds is 6. The molecule has 3 aromatic rings. The van der Waals surface area contributed by atoms with Gasteiger partial charge < -0.3 is 9.73 Å². The number of benzene rings is 2. The van der Waals surface area contributed by atoms with Crippen molar-refractivity contribution in [3.8, 4) is 11.3 Å². The number of halogens is 1. The molecule has 1 amide bonds. The Balaban J connectivity index is 1.48. The van der Waals surface area contributed by atoms with Crippen LogP contribution < -0.4 is 5.32 Å². The molecular weight excluding hydrogens is 368 g/mol. The first-order valence-electron chi connectivity index (χ1n) is 7.76. The van der Waals surface area contributed by atoms with Crippen molar-refractivity contribution in [3.05, 3.63) is 71.2 Å². The molecule has 0 saturated heterocycles. The molecule has 5 heteroatoms. The molecule has 4 nitrogen and oxygen atoms in total. The Bertz CT molecular complexity index is 815. The summed E-state index contributed by atoms with van der Waals surface area (Å²) in [5.74, 6) is 1.40. The van der Waals surface area contributed by atoms with Gasteiger partial charge in [-0.05, 0) is 24.6 Å². The fourth-order valence-corrected chi connectivity index (χ4v) is 2.75. The van der Waals surface area contributed by atoms with Crippen molar-refractivity contribution in [2.45, 2.75) is 19.3 Å². The van der Waals surface area contributed by atoms with Crippen LogP contribution in [0.3, 0.4) is 0 Å². The fourth-order valence-electron chi connectivity index (χ4n) is 2.35. The summed E-state index contributed by atoms with van der Waals surface area (Å²) >= 11 is 3.38. The first kappa shape index (κ1) is 16.5. The molecule has 122 valence electrons. The Kier molecular flexibility index (Phi) is 5.43. The summed E-state index contributed by atoms with van der Waals surface area (Å²) in [6.45, 7) is 0. The van der Waals surface area contributed by atoms with Crippen LogP contribution in [-0.2, 0) is 11.2 Å². The van der Waals surface area contributed by atoms with Crippen molar-refractivity contribution in [3.63, 3.8) is 0 Å². The Morgan fingerprint density at radius 2 is 1.96 bits per heavy atom. The van der Waals surface area contributed by atoms with Crippen LogP contribution >= 0.6 is 15.9 Å². The van der Waals surface area contributed by atoms with Crippen LogP contribution in [0.25, 0.3) is 11.3 Å². The van der Waals surface area contributed by atoms with E-state index in [4.69, 9.17) is 4.42 Å². The Morgan fingerprint density at radius 3 is 2.75 bits per heavy atom. The summed E-state index contributed by atoms with van der Waals surface area (Å²) in [5, 5.41) is 2.88. The predicted molar refractivity (Wildman–Crippen MR) is 97.6 cm³/mol. The summed E-state index contributed by atoms with van der Waals surface area (Å²) < 4.78 is 6.67. The largest absolute Gasteiger partial charge is 0.441 e. The zero-order valence-electron chi connectivity index (χ0n) is 13.0. The first-order valence-corrected chi connectivity index (χ1v) is 8.55. The van der Waals surface area contributed by atoms with Gasteiger partial charge in [-0.25, -0.2) is 4.98 Å². The van der Waals surface area contributed by atoms with Crippen molar-refractivity contribution in [2.24, 2.45) is 0 Å². The number of amides is 1. The van der Waals surface area contributed by atoms with E-state index in [2.05, 4.69) is 26.2 Å². The van der Waals surface area contributed by atoms with Crippen molar-refractivity contribution >= 4 is 27.5 Å². The summed E-state index contributed by atoms with van der Waals surface area (Å²) in [6, 6.07) is 17.4. The van der Waals surface area contributed by atoms with Gasteiger partial charge in [0.05, 0.1) is 6.20 Å². The standard InChI is InChI=1S/C19H17BrN2O2/c20-15-8-4-9-16(12-15)22-18(23)10-5-11-19-21-13-17(24-19)14-6-2-1-3-7-14/h1-4,6-9,12-13H,5,10-11H2,(H,22,23). The predicted octanol–water partition coefficient (Wildman–Crippen LogP) is 5.07. The highest BCUT2D eigenvalue weighted by atomic mass is 79.9. The van der Waals surface area contributed by atoms with E-state index in [1.54, 1.807) is 6.20 Å². The van der Waals surface area contributed by atoms with Gasteiger partial charge in [-0.2, -0.15) is 0 Å². The Morgan fingerprint density at radius 1 is 1.12 bits per heavy atom. The first-order chi connectivity index (χ1) is 11.7. The van der Waals surface area contributed by atoms with Crippen molar-refractivity contribution in [1.29, 1.82) is 0 Å². The van der Waals surface area contributed by atoms with E-state index in [-0.39, 0.29) is 5.91 Å². The molecule has 24 heavy (non-hydrogen) atoms. The van der Waals surface area contributed by atoms with E-state index in [1.165, 1.54) is 0 Å². The molecule has 0 spiro atoms. The maximum atomic E-state index is 12.0. The minimum atomic E-state index is -0.0112. The van der Waals surface area contributed by atoms with E-state index in [0.717, 1.165) is 21.5 Å². The van der Waals surface area contributed by atoms with Crippen LogP contribution in [0.15, 0.2) is 69.7 Å². The van der Waals surface area contributed by atoms with Gasteiger partial charge in [-0.3, -0.25) is 4.79 Å². The molecular formula is C19H17BrN2O2. The topological polar surface area (TPSA) is 55.1 Å². The lowest BCUT2D eigenvalue weighted by Gasteiger charge is -2.04. The lowest BCUT2D eigenvalue weighted by Crippen LogP contribution is -2.11. The summed E-state index contributed by atoms with van der Waals surface area (Å²) in [5.41, 5.74) is 1.79. The quantitative estimate of drug-likeness (QED) is 0.645. The van der Waals surface area contributed by atoms with Crippen molar-refractivity contribution in [2.75, 3.05) is 5.32 Å². The third-order valence-corrected chi connectivity index (χ3v) is 4.01. The Hall–Kier alpha value is -2.40. The minimum absolute atomic E-state index is 0.0112. The highest BCUT2D eigenvalue weighted by molar-refractivity contribution is 9.10. The molecule has 0 unspecified atom stereocenters. The zero-order chi connectivity index (χ0) is 16.8.